The number of carbonyl (C=O) groups is 2. The van der Waals surface area contributed by atoms with Gasteiger partial charge in [0.2, 0.25) is 0 Å². The van der Waals surface area contributed by atoms with Crippen LogP contribution in [0.15, 0.2) is 34.9 Å². The Kier molecular flexibility index (Phi) is 5.10. The third-order valence-corrected chi connectivity index (χ3v) is 3.57. The number of hydrogen-bond acceptors (Lipinski definition) is 3. The predicted octanol–water partition coefficient (Wildman–Crippen LogP) is 2.52. The van der Waals surface area contributed by atoms with Crippen molar-refractivity contribution in [2.75, 3.05) is 7.11 Å². The third-order valence-electron chi connectivity index (χ3n) is 2.90. The van der Waals surface area contributed by atoms with Crippen molar-refractivity contribution in [3.8, 4) is 5.75 Å². The minimum Gasteiger partial charge on any atom is -0.496 e. The van der Waals surface area contributed by atoms with Gasteiger partial charge in [0.1, 0.15) is 11.4 Å². The zero-order valence-electron chi connectivity index (χ0n) is 11.8. The van der Waals surface area contributed by atoms with Gasteiger partial charge in [-0.1, -0.05) is 11.6 Å². The topological polar surface area (TPSA) is 72.4 Å². The molecule has 0 bridgehead atoms. The Labute approximate surface area is 140 Å². The van der Waals surface area contributed by atoms with Crippen LogP contribution in [0.2, 0.25) is 5.02 Å². The molecule has 2 aromatic rings. The number of nitrogens with one attached hydrogen (secondary N) is 2. The summed E-state index contributed by atoms with van der Waals surface area (Å²) in [7, 11) is 3.17. The van der Waals surface area contributed by atoms with Gasteiger partial charge in [0.15, 0.2) is 0 Å². The van der Waals surface area contributed by atoms with E-state index >= 15 is 0 Å². The van der Waals surface area contributed by atoms with E-state index in [2.05, 4.69) is 26.8 Å². The SMILES string of the molecule is COc1ccc(Cl)cc1C(=O)NNC(=O)c1cc(Br)cn1C. The normalized spacial score (nSPS) is 10.2. The second-order valence-electron chi connectivity index (χ2n) is 4.41. The molecule has 0 unspecified atom stereocenters. The number of aromatic nitrogens is 1. The molecule has 0 aliphatic rings. The van der Waals surface area contributed by atoms with E-state index < -0.39 is 11.8 Å². The van der Waals surface area contributed by atoms with Crippen molar-refractivity contribution in [3.05, 3.63) is 51.2 Å². The van der Waals surface area contributed by atoms with Crippen LogP contribution >= 0.6 is 27.5 Å². The molecule has 22 heavy (non-hydrogen) atoms. The molecule has 0 saturated heterocycles. The summed E-state index contributed by atoms with van der Waals surface area (Å²) in [5.41, 5.74) is 5.29. The maximum absolute atomic E-state index is 12.1. The zero-order chi connectivity index (χ0) is 16.3. The molecule has 6 nitrogen and oxygen atoms in total. The highest BCUT2D eigenvalue weighted by molar-refractivity contribution is 9.10. The van der Waals surface area contributed by atoms with Crippen molar-refractivity contribution < 1.29 is 14.3 Å². The van der Waals surface area contributed by atoms with Gasteiger partial charge in [-0.15, -0.1) is 0 Å². The predicted molar refractivity (Wildman–Crippen MR) is 86.0 cm³/mol. The standard InChI is InChI=1S/C14H13BrClN3O3/c1-19-7-8(15)5-11(19)14(21)18-17-13(20)10-6-9(16)3-4-12(10)22-2/h3-7H,1-2H3,(H,17,20)(H,18,21). The van der Waals surface area contributed by atoms with Crippen molar-refractivity contribution in [2.24, 2.45) is 7.05 Å². The molecule has 0 aliphatic heterocycles. The number of benzene rings is 1. The maximum atomic E-state index is 12.1. The molecule has 1 aromatic carbocycles. The van der Waals surface area contributed by atoms with Crippen LogP contribution < -0.4 is 15.6 Å². The molecule has 0 fully saturated rings. The highest BCUT2D eigenvalue weighted by Crippen LogP contribution is 2.22. The summed E-state index contributed by atoms with van der Waals surface area (Å²) in [5, 5.41) is 0.392. The Morgan fingerprint density at radius 2 is 1.91 bits per heavy atom. The molecule has 0 atom stereocenters. The number of nitrogens with zero attached hydrogens (tertiary/aromatic N) is 1. The number of aryl methyl sites for hydroxylation is 1. The molecule has 0 saturated carbocycles. The lowest BCUT2D eigenvalue weighted by Crippen LogP contribution is -2.42. The number of carbonyl (C=O) groups excluding carboxylic acids is 2. The number of hydrazine groups is 1. The van der Waals surface area contributed by atoms with E-state index in [1.807, 2.05) is 0 Å². The minimum absolute atomic E-state index is 0.225. The van der Waals surface area contributed by atoms with Gasteiger partial charge in [-0.05, 0) is 40.2 Å². The summed E-state index contributed by atoms with van der Waals surface area (Å²) in [5.74, 6) is -0.610. The average Bonchev–Trinajstić information content (AvgIpc) is 2.83. The second-order valence-corrected chi connectivity index (χ2v) is 5.76. The Balaban J connectivity index is 2.08. The lowest BCUT2D eigenvalue weighted by atomic mass is 10.2. The van der Waals surface area contributed by atoms with Gasteiger partial charge in [-0.3, -0.25) is 20.4 Å². The zero-order valence-corrected chi connectivity index (χ0v) is 14.2. The van der Waals surface area contributed by atoms with Crippen LogP contribution in [0.3, 0.4) is 0 Å². The summed E-state index contributed by atoms with van der Waals surface area (Å²) < 4.78 is 7.49. The fraction of sp³-hybridized carbons (Fsp3) is 0.143. The Bertz CT molecular complexity index is 730. The summed E-state index contributed by atoms with van der Waals surface area (Å²) in [4.78, 5) is 24.1. The first kappa shape index (κ1) is 16.4. The molecule has 0 aliphatic carbocycles. The van der Waals surface area contributed by atoms with Crippen LogP contribution in [0.25, 0.3) is 0 Å². The van der Waals surface area contributed by atoms with Crippen molar-refractivity contribution in [3.63, 3.8) is 0 Å². The second kappa shape index (κ2) is 6.85. The van der Waals surface area contributed by atoms with E-state index in [-0.39, 0.29) is 5.56 Å². The molecule has 2 amide bonds. The number of amides is 2. The molecule has 0 radical (unpaired) electrons. The van der Waals surface area contributed by atoms with E-state index in [0.717, 1.165) is 4.47 Å². The van der Waals surface area contributed by atoms with Crippen LogP contribution in [0.1, 0.15) is 20.8 Å². The molecule has 2 N–H and O–H groups in total. The van der Waals surface area contributed by atoms with E-state index in [0.29, 0.717) is 16.5 Å². The van der Waals surface area contributed by atoms with Crippen LogP contribution in [0.4, 0.5) is 0 Å². The summed E-state index contributed by atoms with van der Waals surface area (Å²) in [6.07, 6.45) is 1.73. The quantitative estimate of drug-likeness (QED) is 0.796. The van der Waals surface area contributed by atoms with Crippen LogP contribution in [0, 0.1) is 0 Å². The van der Waals surface area contributed by atoms with Gasteiger partial charge in [0, 0.05) is 22.7 Å². The first-order valence-corrected chi connectivity index (χ1v) is 7.35. The molecule has 8 heteroatoms. The Morgan fingerprint density at radius 1 is 1.23 bits per heavy atom. The Morgan fingerprint density at radius 3 is 2.50 bits per heavy atom. The fourth-order valence-corrected chi connectivity index (χ4v) is 2.55. The first-order valence-electron chi connectivity index (χ1n) is 6.18. The van der Waals surface area contributed by atoms with Gasteiger partial charge in [0.25, 0.3) is 11.8 Å². The lowest BCUT2D eigenvalue weighted by Gasteiger charge is -2.11. The smallest absolute Gasteiger partial charge is 0.286 e. The average molecular weight is 387 g/mol. The summed E-state index contributed by atoms with van der Waals surface area (Å²) >= 11 is 9.14. The van der Waals surface area contributed by atoms with E-state index in [1.165, 1.54) is 13.2 Å². The number of hydrogen-bond donors (Lipinski definition) is 2. The van der Waals surface area contributed by atoms with Crippen LogP contribution in [-0.4, -0.2) is 23.5 Å². The van der Waals surface area contributed by atoms with Gasteiger partial charge in [-0.25, -0.2) is 0 Å². The van der Waals surface area contributed by atoms with E-state index in [4.69, 9.17) is 16.3 Å². The van der Waals surface area contributed by atoms with Gasteiger partial charge in [0.05, 0.1) is 12.7 Å². The van der Waals surface area contributed by atoms with Crippen molar-refractivity contribution >= 4 is 39.3 Å². The molecule has 1 heterocycles. The van der Waals surface area contributed by atoms with Gasteiger partial charge < -0.3 is 9.30 Å². The number of ether oxygens (including phenoxy) is 1. The highest BCUT2D eigenvalue weighted by Gasteiger charge is 2.15. The van der Waals surface area contributed by atoms with Crippen molar-refractivity contribution in [1.82, 2.24) is 15.4 Å². The van der Waals surface area contributed by atoms with Crippen LogP contribution in [-0.2, 0) is 7.05 Å². The van der Waals surface area contributed by atoms with Crippen LogP contribution in [0.5, 0.6) is 5.75 Å². The minimum atomic E-state index is -0.527. The molecule has 2 rings (SSSR count). The van der Waals surface area contributed by atoms with Crippen molar-refractivity contribution in [2.45, 2.75) is 0 Å². The number of methoxy groups -OCH3 is 1. The Hall–Kier alpha value is -1.99. The monoisotopic (exact) mass is 385 g/mol. The number of rotatable bonds is 3. The molecule has 0 spiro atoms. The highest BCUT2D eigenvalue weighted by atomic mass is 79.9. The lowest BCUT2D eigenvalue weighted by molar-refractivity contribution is 0.0840. The third kappa shape index (κ3) is 3.61. The molecular formula is C14H13BrClN3O3. The summed E-state index contributed by atoms with van der Waals surface area (Å²) in [6, 6.07) is 6.28. The molecular weight excluding hydrogens is 374 g/mol. The molecule has 1 aromatic heterocycles. The van der Waals surface area contributed by atoms with Gasteiger partial charge in [-0.2, -0.15) is 0 Å². The van der Waals surface area contributed by atoms with Gasteiger partial charge >= 0.3 is 0 Å². The van der Waals surface area contributed by atoms with E-state index in [9.17, 15) is 9.59 Å². The maximum Gasteiger partial charge on any atom is 0.286 e. The number of halogens is 2. The largest absolute Gasteiger partial charge is 0.496 e. The molecule has 116 valence electrons. The first-order chi connectivity index (χ1) is 10.4. The fourth-order valence-electron chi connectivity index (χ4n) is 1.85. The van der Waals surface area contributed by atoms with E-state index in [1.54, 1.807) is 36.0 Å². The summed E-state index contributed by atoms with van der Waals surface area (Å²) in [6.45, 7) is 0. The van der Waals surface area contributed by atoms with Crippen molar-refractivity contribution in [1.29, 1.82) is 0 Å².